The van der Waals surface area contributed by atoms with Gasteiger partial charge in [0.25, 0.3) is 0 Å². The number of nitrogens with zero attached hydrogens (tertiary/aromatic N) is 3. The monoisotopic (exact) mass is 423 g/mol. The van der Waals surface area contributed by atoms with Crippen LogP contribution in [0.2, 0.25) is 0 Å². The first-order valence-corrected chi connectivity index (χ1v) is 12.0. The van der Waals surface area contributed by atoms with Crippen molar-refractivity contribution in [2.24, 2.45) is 21.6 Å². The van der Waals surface area contributed by atoms with Gasteiger partial charge < -0.3 is 11.1 Å². The van der Waals surface area contributed by atoms with Crippen molar-refractivity contribution in [2.45, 2.75) is 43.4 Å². The van der Waals surface area contributed by atoms with E-state index in [0.717, 1.165) is 47.6 Å². The normalized spacial score (nSPS) is 31.9. The van der Waals surface area contributed by atoms with Gasteiger partial charge in [-0.2, -0.15) is 10.5 Å². The number of rotatable bonds is 5. The first-order chi connectivity index (χ1) is 14.1. The molecule has 0 aromatic heterocycles. The van der Waals surface area contributed by atoms with Gasteiger partial charge in [0.2, 0.25) is 0 Å². The summed E-state index contributed by atoms with van der Waals surface area (Å²) in [5.74, 6) is 1.87. The molecule has 0 amide bonds. The number of hydrogen-bond acceptors (Lipinski definition) is 7. The Morgan fingerprint density at radius 3 is 2.41 bits per heavy atom. The smallest absolute Gasteiger partial charge is 0.178 e. The number of nitriles is 2. The Morgan fingerprint density at radius 2 is 1.83 bits per heavy atom. The van der Waals surface area contributed by atoms with Gasteiger partial charge in [-0.05, 0) is 41.9 Å². The second-order valence-corrected chi connectivity index (χ2v) is 10.7. The topological polar surface area (TPSA) is 98.0 Å². The Bertz CT molecular complexity index is 952. The Kier molecular flexibility index (Phi) is 5.09. The number of benzene rings is 1. The van der Waals surface area contributed by atoms with E-state index >= 15 is 0 Å². The molecule has 3 aliphatic rings. The van der Waals surface area contributed by atoms with Crippen molar-refractivity contribution in [1.29, 1.82) is 10.5 Å². The lowest BCUT2D eigenvalue weighted by Crippen LogP contribution is -2.61. The molecule has 2 aliphatic heterocycles. The second kappa shape index (κ2) is 7.31. The van der Waals surface area contributed by atoms with E-state index in [9.17, 15) is 10.5 Å². The fourth-order valence-electron chi connectivity index (χ4n) is 5.29. The van der Waals surface area contributed by atoms with E-state index in [1.165, 1.54) is 0 Å². The van der Waals surface area contributed by atoms with Crippen LogP contribution in [0, 0.1) is 33.5 Å². The van der Waals surface area contributed by atoms with E-state index in [0.29, 0.717) is 0 Å². The van der Waals surface area contributed by atoms with E-state index in [1.807, 2.05) is 30.3 Å². The molecule has 0 saturated carbocycles. The lowest BCUT2D eigenvalue weighted by atomic mass is 9.55. The number of nitrogens with two attached hydrogens (primary N) is 1. The highest BCUT2D eigenvalue weighted by Crippen LogP contribution is 2.72. The minimum absolute atomic E-state index is 0.281. The average molecular weight is 424 g/mol. The summed E-state index contributed by atoms with van der Waals surface area (Å²) in [6.07, 6.45) is 2.68. The molecule has 1 aromatic carbocycles. The number of allylic oxidation sites excluding steroid dienone is 1. The number of nitrogens with one attached hydrogen (secondary N) is 1. The van der Waals surface area contributed by atoms with Crippen LogP contribution in [0.4, 0.5) is 0 Å². The Labute approximate surface area is 180 Å². The number of hydrogen-bond donors (Lipinski definition) is 2. The van der Waals surface area contributed by atoms with Gasteiger partial charge in [0.1, 0.15) is 5.84 Å². The average Bonchev–Trinajstić information content (AvgIpc) is 3.28. The highest BCUT2D eigenvalue weighted by Gasteiger charge is 2.77. The number of amidine groups is 1. The lowest BCUT2D eigenvalue weighted by Gasteiger charge is -2.52. The molecule has 3 atom stereocenters. The molecule has 0 radical (unpaired) electrons. The van der Waals surface area contributed by atoms with Gasteiger partial charge in [0, 0.05) is 5.70 Å². The van der Waals surface area contributed by atoms with Crippen LogP contribution in [0.5, 0.6) is 0 Å². The van der Waals surface area contributed by atoms with Crippen LogP contribution in [0.25, 0.3) is 0 Å². The Balaban J connectivity index is 2.08. The molecule has 7 heteroatoms. The molecule has 0 fully saturated rings. The Morgan fingerprint density at radius 1 is 1.14 bits per heavy atom. The van der Waals surface area contributed by atoms with E-state index in [1.54, 1.807) is 23.5 Å². The fraction of sp³-hybridized carbons (Fsp3) is 0.500. The van der Waals surface area contributed by atoms with Crippen LogP contribution >= 0.6 is 23.5 Å². The Hall–Kier alpha value is -2.09. The molecule has 1 aliphatic carbocycles. The molecule has 0 bridgehead atoms. The van der Waals surface area contributed by atoms with Gasteiger partial charge in [0.15, 0.2) is 15.0 Å². The zero-order valence-electron chi connectivity index (χ0n) is 16.7. The zero-order chi connectivity index (χ0) is 20.7. The maximum Gasteiger partial charge on any atom is 0.178 e. The molecule has 3 N–H and O–H groups in total. The van der Waals surface area contributed by atoms with Crippen LogP contribution in [0.1, 0.15) is 44.7 Å². The summed E-state index contributed by atoms with van der Waals surface area (Å²) < 4.78 is -0.814. The van der Waals surface area contributed by atoms with E-state index in [4.69, 9.17) is 10.7 Å². The number of thioether (sulfide) groups is 2. The van der Waals surface area contributed by atoms with Crippen molar-refractivity contribution >= 4 is 29.4 Å². The molecular weight excluding hydrogens is 398 g/mol. The van der Waals surface area contributed by atoms with E-state index in [2.05, 4.69) is 31.3 Å². The van der Waals surface area contributed by atoms with Gasteiger partial charge in [0.05, 0.1) is 18.2 Å². The second-order valence-electron chi connectivity index (χ2n) is 7.53. The minimum Gasteiger partial charge on any atom is -0.386 e. The number of fused-ring (bicyclic) bond motifs is 2. The quantitative estimate of drug-likeness (QED) is 0.685. The van der Waals surface area contributed by atoms with E-state index in [-0.39, 0.29) is 5.84 Å². The van der Waals surface area contributed by atoms with Crippen LogP contribution in [-0.2, 0) is 0 Å². The summed E-state index contributed by atoms with van der Waals surface area (Å²) >= 11 is 3.29. The maximum atomic E-state index is 10.8. The highest BCUT2D eigenvalue weighted by molar-refractivity contribution is 8.18. The summed E-state index contributed by atoms with van der Waals surface area (Å²) in [5, 5.41) is 25.2. The van der Waals surface area contributed by atoms with Crippen LogP contribution in [0.3, 0.4) is 0 Å². The molecule has 0 unspecified atom stereocenters. The standard InChI is InChI=1S/C22H25N5S2/c1-3-28-22(29-4-2)21(14-24)16-11-8-12-17(16)26-18(15-9-6-5-7-10-15)20(21,13-23)19(25)27-22/h5-7,9-10,18,26H,3-4,8,11-12H2,1-2H3,(H2,25,27)/t18-,20-,21+/m0/s1. The summed E-state index contributed by atoms with van der Waals surface area (Å²) in [6, 6.07) is 14.7. The summed E-state index contributed by atoms with van der Waals surface area (Å²) in [4.78, 5) is 4.97. The van der Waals surface area contributed by atoms with Crippen molar-refractivity contribution in [3.8, 4) is 12.1 Å². The molecule has 4 rings (SSSR count). The van der Waals surface area contributed by atoms with Crippen molar-refractivity contribution < 1.29 is 0 Å². The number of aliphatic imine (C=N–C) groups is 1. The van der Waals surface area contributed by atoms with Crippen molar-refractivity contribution in [3.63, 3.8) is 0 Å². The molecule has 0 saturated heterocycles. The lowest BCUT2D eigenvalue weighted by molar-refractivity contribution is 0.200. The first kappa shape index (κ1) is 20.2. The fourth-order valence-corrected chi connectivity index (χ4v) is 8.53. The van der Waals surface area contributed by atoms with Gasteiger partial charge >= 0.3 is 0 Å². The van der Waals surface area contributed by atoms with Gasteiger partial charge in [-0.15, -0.1) is 23.5 Å². The molecule has 1 aromatic rings. The van der Waals surface area contributed by atoms with Crippen molar-refractivity contribution in [2.75, 3.05) is 11.5 Å². The summed E-state index contributed by atoms with van der Waals surface area (Å²) in [6.45, 7) is 4.15. The third-order valence-electron chi connectivity index (χ3n) is 6.32. The van der Waals surface area contributed by atoms with Crippen LogP contribution in [-0.4, -0.2) is 21.5 Å². The van der Waals surface area contributed by atoms with Crippen molar-refractivity contribution in [1.82, 2.24) is 5.32 Å². The van der Waals surface area contributed by atoms with E-state index < -0.39 is 21.1 Å². The van der Waals surface area contributed by atoms with Crippen molar-refractivity contribution in [3.05, 3.63) is 47.2 Å². The third-order valence-corrected chi connectivity index (χ3v) is 9.18. The largest absolute Gasteiger partial charge is 0.386 e. The summed E-state index contributed by atoms with van der Waals surface area (Å²) in [7, 11) is 0. The molecule has 2 heterocycles. The minimum atomic E-state index is -1.25. The highest BCUT2D eigenvalue weighted by atomic mass is 32.2. The van der Waals surface area contributed by atoms with Gasteiger partial charge in [-0.25, -0.2) is 4.99 Å². The third kappa shape index (κ3) is 2.38. The van der Waals surface area contributed by atoms with Crippen LogP contribution < -0.4 is 11.1 Å². The SMILES string of the molecule is CCSC1(SCC)N=C(N)[C@]2(C#N)[C@H](c3ccccc3)NC3=C(CCC3)[C@@]12C#N. The molecule has 5 nitrogen and oxygen atoms in total. The van der Waals surface area contributed by atoms with Crippen LogP contribution in [0.15, 0.2) is 46.6 Å². The maximum absolute atomic E-state index is 10.8. The molecular formula is C22H25N5S2. The van der Waals surface area contributed by atoms with Gasteiger partial charge in [-0.3, -0.25) is 0 Å². The molecule has 0 spiro atoms. The first-order valence-electron chi connectivity index (χ1n) is 10.1. The molecule has 150 valence electrons. The predicted molar refractivity (Wildman–Crippen MR) is 120 cm³/mol. The predicted octanol–water partition coefficient (Wildman–Crippen LogP) is 4.32. The zero-order valence-corrected chi connectivity index (χ0v) is 18.4. The summed E-state index contributed by atoms with van der Waals surface area (Å²) in [5.41, 5.74) is 7.39. The van der Waals surface area contributed by atoms with Gasteiger partial charge in [-0.1, -0.05) is 44.2 Å². The molecule has 29 heavy (non-hydrogen) atoms.